The standard InChI is InChI=1S/C20H22N4O4/c1-13-4-5-18-16(7-13)19(25)15(12-28-18)10-23-6-2-3-14(8-23)9-24-11-17(20(26)27)21-22-24/h4-5,7,11-12,14H,2-3,6,8-10H2,1H3,(H,26,27)/t14-/m0/s1. The molecule has 0 radical (unpaired) electrons. The molecule has 1 atom stereocenters. The van der Waals surface area contributed by atoms with Crippen molar-refractivity contribution in [3.8, 4) is 0 Å². The van der Waals surface area contributed by atoms with Crippen molar-refractivity contribution >= 4 is 16.9 Å². The summed E-state index contributed by atoms with van der Waals surface area (Å²) in [5.41, 5.74) is 2.28. The number of piperidine rings is 1. The van der Waals surface area contributed by atoms with E-state index < -0.39 is 5.97 Å². The van der Waals surface area contributed by atoms with E-state index in [1.165, 1.54) is 6.20 Å². The maximum Gasteiger partial charge on any atom is 0.358 e. The number of carboxylic acid groups (broad SMARTS) is 1. The minimum absolute atomic E-state index is 0.0226. The Bertz CT molecular complexity index is 1070. The first kappa shape index (κ1) is 18.4. The Balaban J connectivity index is 1.46. The normalized spacial score (nSPS) is 17.8. The first-order chi connectivity index (χ1) is 13.5. The highest BCUT2D eigenvalue weighted by atomic mass is 16.4. The third-order valence-corrected chi connectivity index (χ3v) is 5.20. The quantitative estimate of drug-likeness (QED) is 0.722. The van der Waals surface area contributed by atoms with Crippen LogP contribution < -0.4 is 5.43 Å². The number of benzene rings is 1. The third kappa shape index (κ3) is 3.82. The highest BCUT2D eigenvalue weighted by Crippen LogP contribution is 2.20. The molecule has 1 N–H and O–H groups in total. The molecule has 1 aromatic carbocycles. The van der Waals surface area contributed by atoms with Crippen LogP contribution in [-0.2, 0) is 13.1 Å². The van der Waals surface area contributed by atoms with Crippen LogP contribution in [0.4, 0.5) is 0 Å². The molecule has 0 bridgehead atoms. The van der Waals surface area contributed by atoms with Gasteiger partial charge in [-0.15, -0.1) is 5.10 Å². The minimum atomic E-state index is -1.07. The number of fused-ring (bicyclic) bond motifs is 1. The van der Waals surface area contributed by atoms with Gasteiger partial charge in [0.05, 0.1) is 17.8 Å². The van der Waals surface area contributed by atoms with Gasteiger partial charge in [0.1, 0.15) is 5.58 Å². The van der Waals surface area contributed by atoms with Gasteiger partial charge in [0.2, 0.25) is 0 Å². The first-order valence-corrected chi connectivity index (χ1v) is 9.36. The number of aromatic carboxylic acids is 1. The SMILES string of the molecule is Cc1ccc2occ(CN3CCC[C@H](Cn4cc(C(=O)O)nn4)C3)c(=O)c2c1. The average molecular weight is 382 g/mol. The largest absolute Gasteiger partial charge is 0.476 e. The monoisotopic (exact) mass is 382 g/mol. The Labute approximate surface area is 161 Å². The van der Waals surface area contributed by atoms with E-state index in [9.17, 15) is 9.59 Å². The summed E-state index contributed by atoms with van der Waals surface area (Å²) in [5, 5.41) is 17.1. The Hall–Kier alpha value is -3.00. The van der Waals surface area contributed by atoms with Gasteiger partial charge in [-0.3, -0.25) is 14.4 Å². The molecule has 0 unspecified atom stereocenters. The molecular weight excluding hydrogens is 360 g/mol. The fourth-order valence-electron chi connectivity index (χ4n) is 3.83. The number of hydrogen-bond acceptors (Lipinski definition) is 6. The highest BCUT2D eigenvalue weighted by Gasteiger charge is 2.22. The number of aryl methyl sites for hydroxylation is 1. The zero-order valence-electron chi connectivity index (χ0n) is 15.7. The van der Waals surface area contributed by atoms with Crippen molar-refractivity contribution in [2.24, 2.45) is 5.92 Å². The van der Waals surface area contributed by atoms with Crippen molar-refractivity contribution in [2.45, 2.75) is 32.9 Å². The summed E-state index contributed by atoms with van der Waals surface area (Å²) in [6.07, 6.45) is 5.08. The van der Waals surface area contributed by atoms with Crippen LogP contribution in [0.5, 0.6) is 0 Å². The predicted octanol–water partition coefficient (Wildman–Crippen LogP) is 2.30. The van der Waals surface area contributed by atoms with Crippen LogP contribution in [0, 0.1) is 12.8 Å². The van der Waals surface area contributed by atoms with Gasteiger partial charge in [-0.2, -0.15) is 0 Å². The molecule has 28 heavy (non-hydrogen) atoms. The number of rotatable bonds is 5. The molecule has 146 valence electrons. The molecule has 0 amide bonds. The van der Waals surface area contributed by atoms with Crippen molar-refractivity contribution in [1.29, 1.82) is 0 Å². The number of carbonyl (C=O) groups is 1. The molecule has 3 aromatic rings. The third-order valence-electron chi connectivity index (χ3n) is 5.20. The smallest absolute Gasteiger partial charge is 0.358 e. The second-order valence-electron chi connectivity index (χ2n) is 7.46. The molecule has 0 saturated carbocycles. The molecule has 3 heterocycles. The second-order valence-corrected chi connectivity index (χ2v) is 7.46. The summed E-state index contributed by atoms with van der Waals surface area (Å²) in [4.78, 5) is 26.0. The van der Waals surface area contributed by atoms with Crippen LogP contribution in [-0.4, -0.2) is 44.1 Å². The topological polar surface area (TPSA) is 101 Å². The van der Waals surface area contributed by atoms with Crippen LogP contribution in [0.3, 0.4) is 0 Å². The summed E-state index contributed by atoms with van der Waals surface area (Å²) in [7, 11) is 0. The van der Waals surface area contributed by atoms with Gasteiger partial charge in [-0.05, 0) is 44.4 Å². The molecule has 8 heteroatoms. The minimum Gasteiger partial charge on any atom is -0.476 e. The molecule has 1 fully saturated rings. The van der Waals surface area contributed by atoms with E-state index >= 15 is 0 Å². The number of aromatic nitrogens is 3. The van der Waals surface area contributed by atoms with Gasteiger partial charge in [0.25, 0.3) is 0 Å². The molecule has 8 nitrogen and oxygen atoms in total. The fraction of sp³-hybridized carbons (Fsp3) is 0.400. The molecule has 2 aromatic heterocycles. The molecular formula is C20H22N4O4. The van der Waals surface area contributed by atoms with Gasteiger partial charge in [-0.25, -0.2) is 4.79 Å². The number of carboxylic acids is 1. The van der Waals surface area contributed by atoms with E-state index in [2.05, 4.69) is 15.2 Å². The van der Waals surface area contributed by atoms with Gasteiger partial charge >= 0.3 is 5.97 Å². The number of nitrogens with zero attached hydrogens (tertiary/aromatic N) is 4. The lowest BCUT2D eigenvalue weighted by atomic mass is 9.97. The van der Waals surface area contributed by atoms with Crippen molar-refractivity contribution < 1.29 is 14.3 Å². The zero-order chi connectivity index (χ0) is 19.7. The molecule has 1 aliphatic heterocycles. The summed E-state index contributed by atoms with van der Waals surface area (Å²) >= 11 is 0. The number of likely N-dealkylation sites (tertiary alicyclic amines) is 1. The highest BCUT2D eigenvalue weighted by molar-refractivity contribution is 5.84. The van der Waals surface area contributed by atoms with Crippen LogP contribution in [0.2, 0.25) is 0 Å². The Kier molecular flexibility index (Phi) is 4.95. The molecule has 0 aliphatic carbocycles. The molecule has 4 rings (SSSR count). The van der Waals surface area contributed by atoms with Crippen LogP contribution >= 0.6 is 0 Å². The lowest BCUT2D eigenvalue weighted by molar-refractivity contribution is 0.0690. The van der Waals surface area contributed by atoms with Crippen molar-refractivity contribution in [3.63, 3.8) is 0 Å². The van der Waals surface area contributed by atoms with Gasteiger partial charge in [0, 0.05) is 25.2 Å². The molecule has 0 spiro atoms. The van der Waals surface area contributed by atoms with Crippen molar-refractivity contribution in [2.75, 3.05) is 13.1 Å². The maximum atomic E-state index is 12.8. The second kappa shape index (κ2) is 7.55. The lowest BCUT2D eigenvalue weighted by Gasteiger charge is -2.32. The van der Waals surface area contributed by atoms with Crippen LogP contribution in [0.1, 0.15) is 34.5 Å². The van der Waals surface area contributed by atoms with Crippen LogP contribution in [0.25, 0.3) is 11.0 Å². The van der Waals surface area contributed by atoms with Gasteiger partial charge in [0.15, 0.2) is 11.1 Å². The summed E-state index contributed by atoms with van der Waals surface area (Å²) in [6.45, 7) is 4.84. The zero-order valence-corrected chi connectivity index (χ0v) is 15.7. The van der Waals surface area contributed by atoms with Crippen LogP contribution in [0.15, 0.2) is 39.9 Å². The van der Waals surface area contributed by atoms with E-state index in [1.807, 2.05) is 25.1 Å². The van der Waals surface area contributed by atoms with Gasteiger partial charge in [-0.1, -0.05) is 16.8 Å². The van der Waals surface area contributed by atoms with Crippen molar-refractivity contribution in [3.05, 3.63) is 57.7 Å². The summed E-state index contributed by atoms with van der Waals surface area (Å²) < 4.78 is 7.25. The van der Waals surface area contributed by atoms with E-state index in [-0.39, 0.29) is 11.1 Å². The molecule has 1 saturated heterocycles. The number of hydrogen-bond donors (Lipinski definition) is 1. The summed E-state index contributed by atoms with van der Waals surface area (Å²) in [6, 6.07) is 5.63. The Morgan fingerprint density at radius 3 is 3.04 bits per heavy atom. The summed E-state index contributed by atoms with van der Waals surface area (Å²) in [5.74, 6) is -0.748. The molecule has 1 aliphatic rings. The first-order valence-electron chi connectivity index (χ1n) is 9.36. The lowest BCUT2D eigenvalue weighted by Crippen LogP contribution is -2.37. The van der Waals surface area contributed by atoms with Crippen molar-refractivity contribution in [1.82, 2.24) is 19.9 Å². The Morgan fingerprint density at radius 2 is 2.25 bits per heavy atom. The van der Waals surface area contributed by atoms with E-state index in [1.54, 1.807) is 10.9 Å². The Morgan fingerprint density at radius 1 is 1.39 bits per heavy atom. The average Bonchev–Trinajstić information content (AvgIpc) is 3.14. The van der Waals surface area contributed by atoms with E-state index in [4.69, 9.17) is 9.52 Å². The predicted molar refractivity (Wildman–Crippen MR) is 102 cm³/mol. The fourth-order valence-corrected chi connectivity index (χ4v) is 3.83. The van der Waals surface area contributed by atoms with E-state index in [0.29, 0.717) is 35.5 Å². The maximum absolute atomic E-state index is 12.8. The van der Waals surface area contributed by atoms with Gasteiger partial charge < -0.3 is 9.52 Å². The van der Waals surface area contributed by atoms with E-state index in [0.717, 1.165) is 31.5 Å².